The van der Waals surface area contributed by atoms with Crippen LogP contribution in [0.1, 0.15) is 42.5 Å². The van der Waals surface area contributed by atoms with Crippen LogP contribution >= 0.6 is 0 Å². The lowest BCUT2D eigenvalue weighted by atomic mass is 10.0. The number of benzene rings is 1. The van der Waals surface area contributed by atoms with Crippen molar-refractivity contribution in [3.63, 3.8) is 0 Å². The van der Waals surface area contributed by atoms with Crippen molar-refractivity contribution < 1.29 is 27.9 Å². The molecule has 1 amide bonds. The molecule has 2 aliphatic heterocycles. The van der Waals surface area contributed by atoms with Crippen LogP contribution in [0.4, 0.5) is 0 Å². The largest absolute Gasteiger partial charge is 0.480 e. The van der Waals surface area contributed by atoms with E-state index < -0.39 is 27.9 Å². The third kappa shape index (κ3) is 4.66. The minimum atomic E-state index is -3.69. The van der Waals surface area contributed by atoms with E-state index in [0.717, 1.165) is 25.7 Å². The summed E-state index contributed by atoms with van der Waals surface area (Å²) in [5.41, 5.74) is 0.279. The van der Waals surface area contributed by atoms with E-state index in [1.165, 1.54) is 29.2 Å². The van der Waals surface area contributed by atoms with Crippen LogP contribution in [-0.4, -0.2) is 62.1 Å². The molecular formula is C18H24N2O6S. The summed E-state index contributed by atoms with van der Waals surface area (Å²) in [6, 6.07) is 4.76. The first-order valence-electron chi connectivity index (χ1n) is 9.13. The first-order valence-corrected chi connectivity index (χ1v) is 10.6. The van der Waals surface area contributed by atoms with Crippen LogP contribution in [0.25, 0.3) is 0 Å². The molecule has 2 unspecified atom stereocenters. The van der Waals surface area contributed by atoms with Gasteiger partial charge in [-0.3, -0.25) is 4.79 Å². The molecular weight excluding hydrogens is 372 g/mol. The average molecular weight is 396 g/mol. The summed E-state index contributed by atoms with van der Waals surface area (Å²) >= 11 is 0. The molecule has 2 heterocycles. The SMILES string of the molecule is O=C(O)C1CCCCN1C(=O)c1ccc(S(=O)(=O)NCC2CCCO2)cc1. The molecule has 0 aromatic heterocycles. The average Bonchev–Trinajstić information content (AvgIpc) is 3.20. The standard InChI is InChI=1S/C18H24N2O6S/c21-17(20-10-2-1-5-16(20)18(22)23)13-6-8-15(9-7-13)27(24,25)19-12-14-4-3-11-26-14/h6-9,14,16,19H,1-5,10-12H2,(H,22,23). The van der Waals surface area contributed by atoms with Crippen LogP contribution in [0.5, 0.6) is 0 Å². The Labute approximate surface area is 158 Å². The maximum Gasteiger partial charge on any atom is 0.326 e. The Kier molecular flexibility index (Phi) is 6.13. The molecule has 2 N–H and O–H groups in total. The van der Waals surface area contributed by atoms with Gasteiger partial charge in [0.25, 0.3) is 5.91 Å². The summed E-state index contributed by atoms with van der Waals surface area (Å²) in [4.78, 5) is 25.4. The van der Waals surface area contributed by atoms with Gasteiger partial charge in [0.05, 0.1) is 11.0 Å². The molecule has 0 radical (unpaired) electrons. The third-order valence-electron chi connectivity index (χ3n) is 4.99. The summed E-state index contributed by atoms with van der Waals surface area (Å²) in [5, 5.41) is 9.31. The van der Waals surface area contributed by atoms with E-state index >= 15 is 0 Å². The normalized spacial score (nSPS) is 23.3. The zero-order valence-corrected chi connectivity index (χ0v) is 15.8. The van der Waals surface area contributed by atoms with Gasteiger partial charge in [-0.1, -0.05) is 0 Å². The molecule has 2 aliphatic rings. The van der Waals surface area contributed by atoms with Crippen molar-refractivity contribution in [3.05, 3.63) is 29.8 Å². The van der Waals surface area contributed by atoms with Crippen molar-refractivity contribution in [1.82, 2.24) is 9.62 Å². The van der Waals surface area contributed by atoms with Crippen molar-refractivity contribution in [2.45, 2.75) is 49.1 Å². The van der Waals surface area contributed by atoms with Crippen molar-refractivity contribution in [2.24, 2.45) is 0 Å². The number of carboxylic acids is 1. The van der Waals surface area contributed by atoms with E-state index in [4.69, 9.17) is 4.74 Å². The minimum Gasteiger partial charge on any atom is -0.480 e. The highest BCUT2D eigenvalue weighted by Gasteiger charge is 2.32. The molecule has 2 saturated heterocycles. The molecule has 0 bridgehead atoms. The van der Waals surface area contributed by atoms with Gasteiger partial charge in [-0.15, -0.1) is 0 Å². The Morgan fingerprint density at radius 1 is 1.15 bits per heavy atom. The Bertz CT molecular complexity index is 787. The van der Waals surface area contributed by atoms with Gasteiger partial charge in [0.15, 0.2) is 0 Å². The van der Waals surface area contributed by atoms with Gasteiger partial charge >= 0.3 is 5.97 Å². The number of sulfonamides is 1. The number of ether oxygens (including phenoxy) is 1. The number of nitrogens with one attached hydrogen (secondary N) is 1. The van der Waals surface area contributed by atoms with E-state index in [1.54, 1.807) is 0 Å². The lowest BCUT2D eigenvalue weighted by molar-refractivity contribution is -0.143. The molecule has 9 heteroatoms. The molecule has 3 rings (SSSR count). The molecule has 1 aromatic rings. The number of carboxylic acid groups (broad SMARTS) is 1. The quantitative estimate of drug-likeness (QED) is 0.748. The first-order chi connectivity index (χ1) is 12.9. The number of aliphatic carboxylic acids is 1. The van der Waals surface area contributed by atoms with Gasteiger partial charge in [0, 0.05) is 25.3 Å². The van der Waals surface area contributed by atoms with E-state index in [-0.39, 0.29) is 23.1 Å². The second-order valence-electron chi connectivity index (χ2n) is 6.86. The molecule has 1 aromatic carbocycles. The number of carbonyl (C=O) groups excluding carboxylic acids is 1. The van der Waals surface area contributed by atoms with Crippen LogP contribution in [0, 0.1) is 0 Å². The highest BCUT2D eigenvalue weighted by atomic mass is 32.2. The van der Waals surface area contributed by atoms with Crippen molar-refractivity contribution in [2.75, 3.05) is 19.7 Å². The van der Waals surface area contributed by atoms with Crippen molar-refractivity contribution in [3.8, 4) is 0 Å². The number of likely N-dealkylation sites (tertiary alicyclic amines) is 1. The van der Waals surface area contributed by atoms with Gasteiger partial charge in [-0.2, -0.15) is 0 Å². The van der Waals surface area contributed by atoms with Gasteiger partial charge in [-0.25, -0.2) is 17.9 Å². The Morgan fingerprint density at radius 3 is 2.52 bits per heavy atom. The summed E-state index contributed by atoms with van der Waals surface area (Å²) < 4.78 is 32.7. The number of hydrogen-bond acceptors (Lipinski definition) is 5. The zero-order valence-electron chi connectivity index (χ0n) is 15.0. The predicted molar refractivity (Wildman–Crippen MR) is 96.9 cm³/mol. The van der Waals surface area contributed by atoms with Gasteiger partial charge < -0.3 is 14.7 Å². The van der Waals surface area contributed by atoms with E-state index in [1.807, 2.05) is 0 Å². The van der Waals surface area contributed by atoms with Crippen LogP contribution < -0.4 is 4.72 Å². The molecule has 0 saturated carbocycles. The summed E-state index contributed by atoms with van der Waals surface area (Å²) in [5.74, 6) is -1.40. The molecule has 2 fully saturated rings. The number of carbonyl (C=O) groups is 2. The summed E-state index contributed by atoms with van der Waals surface area (Å²) in [7, 11) is -3.69. The maximum absolute atomic E-state index is 12.7. The monoisotopic (exact) mass is 396 g/mol. The minimum absolute atomic E-state index is 0.0606. The molecule has 2 atom stereocenters. The van der Waals surface area contributed by atoms with Crippen molar-refractivity contribution in [1.29, 1.82) is 0 Å². The first kappa shape index (κ1) is 19.8. The number of piperidine rings is 1. The Morgan fingerprint density at radius 2 is 1.89 bits per heavy atom. The fourth-order valence-corrected chi connectivity index (χ4v) is 4.53. The summed E-state index contributed by atoms with van der Waals surface area (Å²) in [6.45, 7) is 1.26. The van der Waals surface area contributed by atoms with Gasteiger partial charge in [0.1, 0.15) is 6.04 Å². The van der Waals surface area contributed by atoms with Gasteiger partial charge in [0.2, 0.25) is 10.0 Å². The second kappa shape index (κ2) is 8.37. The van der Waals surface area contributed by atoms with E-state index in [9.17, 15) is 23.1 Å². The van der Waals surface area contributed by atoms with E-state index in [2.05, 4.69) is 4.72 Å². The molecule has 27 heavy (non-hydrogen) atoms. The topological polar surface area (TPSA) is 113 Å². The third-order valence-corrected chi connectivity index (χ3v) is 6.42. The second-order valence-corrected chi connectivity index (χ2v) is 8.63. The fraction of sp³-hybridized carbons (Fsp3) is 0.556. The van der Waals surface area contributed by atoms with Crippen molar-refractivity contribution >= 4 is 21.9 Å². The van der Waals surface area contributed by atoms with Crippen LogP contribution in [0.2, 0.25) is 0 Å². The van der Waals surface area contributed by atoms with Crippen LogP contribution in [0.3, 0.4) is 0 Å². The Balaban J connectivity index is 1.68. The highest BCUT2D eigenvalue weighted by Crippen LogP contribution is 2.21. The van der Waals surface area contributed by atoms with Crippen LogP contribution in [-0.2, 0) is 19.6 Å². The molecule has 0 aliphatic carbocycles. The number of amides is 1. The summed E-state index contributed by atoms with van der Waals surface area (Å²) in [6.07, 6.45) is 3.62. The molecule has 0 spiro atoms. The van der Waals surface area contributed by atoms with Gasteiger partial charge in [-0.05, 0) is 56.4 Å². The number of hydrogen-bond donors (Lipinski definition) is 2. The lowest BCUT2D eigenvalue weighted by Crippen LogP contribution is -2.47. The predicted octanol–water partition coefficient (Wildman–Crippen LogP) is 1.22. The maximum atomic E-state index is 12.7. The highest BCUT2D eigenvalue weighted by molar-refractivity contribution is 7.89. The number of rotatable bonds is 6. The van der Waals surface area contributed by atoms with Crippen LogP contribution in [0.15, 0.2) is 29.2 Å². The lowest BCUT2D eigenvalue weighted by Gasteiger charge is -2.33. The molecule has 8 nitrogen and oxygen atoms in total. The van der Waals surface area contributed by atoms with E-state index in [0.29, 0.717) is 19.6 Å². The smallest absolute Gasteiger partial charge is 0.326 e. The fourth-order valence-electron chi connectivity index (χ4n) is 3.47. The zero-order chi connectivity index (χ0) is 19.4. The Hall–Kier alpha value is -1.97. The molecule has 148 valence electrons. The number of nitrogens with zero attached hydrogens (tertiary/aromatic N) is 1.